The van der Waals surface area contributed by atoms with Gasteiger partial charge in [0.2, 0.25) is 5.91 Å². The number of nitrogens with one attached hydrogen (secondary N) is 2. The second-order valence-corrected chi connectivity index (χ2v) is 8.46. The molecule has 36 heavy (non-hydrogen) atoms. The second-order valence-electron chi connectivity index (χ2n) is 7.64. The molecule has 0 aliphatic carbocycles. The maximum absolute atomic E-state index is 12.8. The summed E-state index contributed by atoms with van der Waals surface area (Å²) >= 11 is 12.1. The topological polar surface area (TPSA) is 132 Å². The van der Waals surface area contributed by atoms with Crippen molar-refractivity contribution < 1.29 is 9.59 Å². The zero-order chi connectivity index (χ0) is 25.8. The van der Waals surface area contributed by atoms with E-state index in [0.717, 1.165) is 16.7 Å². The van der Waals surface area contributed by atoms with Gasteiger partial charge in [0.05, 0.1) is 21.4 Å². The van der Waals surface area contributed by atoms with Crippen molar-refractivity contribution in [3.8, 4) is 22.4 Å². The van der Waals surface area contributed by atoms with Gasteiger partial charge in [0.1, 0.15) is 5.69 Å². The van der Waals surface area contributed by atoms with E-state index in [1.165, 1.54) is 23.1 Å². The van der Waals surface area contributed by atoms with Gasteiger partial charge < -0.3 is 16.4 Å². The van der Waals surface area contributed by atoms with Crippen molar-refractivity contribution in [1.82, 2.24) is 14.8 Å². The van der Waals surface area contributed by atoms with Crippen LogP contribution in [0, 0.1) is 0 Å². The highest BCUT2D eigenvalue weighted by molar-refractivity contribution is 6.39. The summed E-state index contributed by atoms with van der Waals surface area (Å²) in [6, 6.07) is 15.2. The van der Waals surface area contributed by atoms with Crippen LogP contribution in [-0.2, 0) is 6.54 Å². The first kappa shape index (κ1) is 24.9. The molecule has 182 valence electrons. The Morgan fingerprint density at radius 3 is 2.25 bits per heavy atom. The van der Waals surface area contributed by atoms with E-state index >= 15 is 0 Å². The van der Waals surface area contributed by atoms with Crippen LogP contribution >= 0.6 is 23.2 Å². The van der Waals surface area contributed by atoms with Crippen molar-refractivity contribution in [2.24, 2.45) is 5.73 Å². The molecule has 0 aliphatic heterocycles. The molecular weight excluding hydrogens is 503 g/mol. The normalized spacial score (nSPS) is 10.6. The van der Waals surface area contributed by atoms with E-state index in [2.05, 4.69) is 20.7 Å². The van der Waals surface area contributed by atoms with Crippen molar-refractivity contribution >= 4 is 46.5 Å². The minimum absolute atomic E-state index is 0.0249. The lowest BCUT2D eigenvalue weighted by Gasteiger charge is -2.13. The number of aryl methyl sites for hydroxylation is 1. The van der Waals surface area contributed by atoms with E-state index in [0.29, 0.717) is 17.8 Å². The van der Waals surface area contributed by atoms with Gasteiger partial charge in [-0.15, -0.1) is 0 Å². The molecule has 9 nitrogen and oxygen atoms in total. The van der Waals surface area contributed by atoms with E-state index in [1.807, 2.05) is 24.3 Å². The average Bonchev–Trinajstić information content (AvgIpc) is 2.87. The predicted molar refractivity (Wildman–Crippen MR) is 140 cm³/mol. The first-order chi connectivity index (χ1) is 17.3. The van der Waals surface area contributed by atoms with Crippen molar-refractivity contribution in [1.29, 1.82) is 0 Å². The summed E-state index contributed by atoms with van der Waals surface area (Å²) in [5.74, 6) is -0.501. The molecule has 0 aliphatic rings. The van der Waals surface area contributed by atoms with Crippen molar-refractivity contribution in [2.45, 2.75) is 13.5 Å². The summed E-state index contributed by atoms with van der Waals surface area (Å²) in [4.78, 5) is 40.7. The number of carbonyl (C=O) groups excluding carboxylic acids is 2. The molecule has 0 fully saturated rings. The lowest BCUT2D eigenvalue weighted by molar-refractivity contribution is 0.100. The van der Waals surface area contributed by atoms with Crippen LogP contribution in [0.15, 0.2) is 71.8 Å². The minimum atomic E-state index is -0.704. The third-order valence-electron chi connectivity index (χ3n) is 5.28. The molecule has 0 unspecified atom stereocenters. The van der Waals surface area contributed by atoms with Crippen LogP contribution in [0.1, 0.15) is 17.3 Å². The molecule has 2 heterocycles. The van der Waals surface area contributed by atoms with Gasteiger partial charge in [0.15, 0.2) is 0 Å². The average molecular weight is 523 g/mol. The van der Waals surface area contributed by atoms with Gasteiger partial charge >= 0.3 is 6.03 Å². The first-order valence-corrected chi connectivity index (χ1v) is 11.5. The molecule has 11 heteroatoms. The van der Waals surface area contributed by atoms with Gasteiger partial charge in [-0.05, 0) is 42.3 Å². The van der Waals surface area contributed by atoms with Crippen molar-refractivity contribution in [3.05, 3.63) is 93.0 Å². The standard InChI is InChI=1S/C25H20Cl2N6O3/c1-2-33-24(35)21(30-25(36)31-22-18(26)12-29-13-19(22)27)11-20(32-33)17-5-3-4-16(10-17)14-6-8-15(9-7-14)23(28)34/h3-13H,2H2,1H3,(H2,28,34)(H2,29,30,31,36). The lowest BCUT2D eigenvalue weighted by Crippen LogP contribution is -2.29. The van der Waals surface area contributed by atoms with Crippen LogP contribution in [0.5, 0.6) is 0 Å². The monoisotopic (exact) mass is 522 g/mol. The number of benzene rings is 2. The van der Waals surface area contributed by atoms with Crippen molar-refractivity contribution in [2.75, 3.05) is 10.6 Å². The molecule has 0 bridgehead atoms. The zero-order valence-corrected chi connectivity index (χ0v) is 20.5. The molecule has 4 N–H and O–H groups in total. The third kappa shape index (κ3) is 5.37. The van der Waals surface area contributed by atoms with Crippen LogP contribution in [0.4, 0.5) is 16.2 Å². The van der Waals surface area contributed by atoms with Crippen LogP contribution in [0.3, 0.4) is 0 Å². The Morgan fingerprint density at radius 1 is 0.944 bits per heavy atom. The summed E-state index contributed by atoms with van der Waals surface area (Å²) in [6.07, 6.45) is 2.68. The largest absolute Gasteiger partial charge is 0.366 e. The number of carbonyl (C=O) groups is 2. The smallest absolute Gasteiger partial charge is 0.323 e. The Labute approximate surface area is 215 Å². The van der Waals surface area contributed by atoms with Crippen LogP contribution in [-0.4, -0.2) is 26.7 Å². The number of aromatic nitrogens is 3. The number of pyridine rings is 1. The Hall–Kier alpha value is -4.21. The van der Waals surface area contributed by atoms with Crippen LogP contribution in [0.2, 0.25) is 10.0 Å². The van der Waals surface area contributed by atoms with Crippen molar-refractivity contribution in [3.63, 3.8) is 0 Å². The molecule has 3 amide bonds. The highest BCUT2D eigenvalue weighted by Crippen LogP contribution is 2.29. The van der Waals surface area contributed by atoms with E-state index in [4.69, 9.17) is 28.9 Å². The Balaban J connectivity index is 1.66. The van der Waals surface area contributed by atoms with Gasteiger partial charge in [0, 0.05) is 30.1 Å². The molecule has 2 aromatic heterocycles. The number of halogens is 2. The highest BCUT2D eigenvalue weighted by Gasteiger charge is 2.15. The Morgan fingerprint density at radius 2 is 1.61 bits per heavy atom. The second kappa shape index (κ2) is 10.6. The van der Waals surface area contributed by atoms with Gasteiger partial charge in [-0.2, -0.15) is 5.10 Å². The summed E-state index contributed by atoms with van der Waals surface area (Å²) in [7, 11) is 0. The predicted octanol–water partition coefficient (Wildman–Crippen LogP) is 5.04. The molecule has 0 spiro atoms. The van der Waals surface area contributed by atoms with Gasteiger partial charge in [0.25, 0.3) is 5.56 Å². The fourth-order valence-electron chi connectivity index (χ4n) is 3.47. The summed E-state index contributed by atoms with van der Waals surface area (Å²) in [5.41, 5.74) is 8.39. The Kier molecular flexibility index (Phi) is 7.33. The number of nitrogens with zero attached hydrogens (tertiary/aromatic N) is 3. The number of amides is 3. The van der Waals surface area contributed by atoms with E-state index in [-0.39, 0.29) is 21.4 Å². The van der Waals surface area contributed by atoms with Crippen LogP contribution < -0.4 is 21.9 Å². The van der Waals surface area contributed by atoms with Gasteiger partial charge in [-0.25, -0.2) is 9.48 Å². The number of urea groups is 1. The number of hydrogen-bond acceptors (Lipinski definition) is 5. The zero-order valence-electron chi connectivity index (χ0n) is 19.0. The van der Waals surface area contributed by atoms with Gasteiger partial charge in [-0.1, -0.05) is 53.5 Å². The van der Waals surface area contributed by atoms with E-state index < -0.39 is 17.5 Å². The molecule has 4 rings (SSSR count). The van der Waals surface area contributed by atoms with Crippen LogP contribution in [0.25, 0.3) is 22.4 Å². The molecular formula is C25H20Cl2N6O3. The number of anilines is 2. The first-order valence-electron chi connectivity index (χ1n) is 10.8. The van der Waals surface area contributed by atoms with E-state index in [9.17, 15) is 14.4 Å². The molecule has 4 aromatic rings. The summed E-state index contributed by atoms with van der Waals surface area (Å²) in [5, 5.41) is 9.83. The number of nitrogens with two attached hydrogens (primary N) is 1. The fourth-order valence-corrected chi connectivity index (χ4v) is 3.93. The SMILES string of the molecule is CCn1nc(-c2cccc(-c3ccc(C(N)=O)cc3)c2)cc(NC(=O)Nc2c(Cl)cncc2Cl)c1=O. The lowest BCUT2D eigenvalue weighted by atomic mass is 10.0. The Bertz CT molecular complexity index is 1500. The molecule has 0 atom stereocenters. The fraction of sp³-hybridized carbons (Fsp3) is 0.0800. The number of hydrogen-bond donors (Lipinski definition) is 3. The molecule has 0 radical (unpaired) electrons. The van der Waals surface area contributed by atoms with E-state index in [1.54, 1.807) is 31.2 Å². The molecule has 0 saturated heterocycles. The summed E-state index contributed by atoms with van der Waals surface area (Å²) in [6.45, 7) is 2.06. The quantitative estimate of drug-likeness (QED) is 0.326. The highest BCUT2D eigenvalue weighted by atomic mass is 35.5. The number of primary amides is 1. The molecule has 0 saturated carbocycles. The van der Waals surface area contributed by atoms with Gasteiger partial charge in [-0.3, -0.25) is 14.6 Å². The maximum Gasteiger partial charge on any atom is 0.323 e. The maximum atomic E-state index is 12.8. The number of rotatable bonds is 6. The minimum Gasteiger partial charge on any atom is -0.366 e. The summed E-state index contributed by atoms with van der Waals surface area (Å²) < 4.78 is 1.26. The third-order valence-corrected chi connectivity index (χ3v) is 5.85. The molecule has 2 aromatic carbocycles.